The van der Waals surface area contributed by atoms with E-state index in [0.717, 1.165) is 47.5 Å². The van der Waals surface area contributed by atoms with Gasteiger partial charge in [-0.25, -0.2) is 8.42 Å². The van der Waals surface area contributed by atoms with Crippen LogP contribution in [0.25, 0.3) is 0 Å². The van der Waals surface area contributed by atoms with Crippen molar-refractivity contribution in [2.75, 3.05) is 10.8 Å². The number of hydrogen-bond acceptors (Lipinski definition) is 4. The second-order valence-electron chi connectivity index (χ2n) is 10.3. The predicted octanol–water partition coefficient (Wildman–Crippen LogP) is 5.71. The van der Waals surface area contributed by atoms with Gasteiger partial charge in [-0.1, -0.05) is 85.0 Å². The topological polar surface area (TPSA) is 86.8 Å². The van der Waals surface area contributed by atoms with Crippen LogP contribution >= 0.6 is 11.6 Å². The van der Waals surface area contributed by atoms with Crippen LogP contribution in [-0.4, -0.2) is 43.8 Å². The first-order valence-corrected chi connectivity index (χ1v) is 15.5. The summed E-state index contributed by atoms with van der Waals surface area (Å²) in [7, 11) is -4.12. The number of hydrogen-bond donors (Lipinski definition) is 1. The predicted molar refractivity (Wildman–Crippen MR) is 159 cm³/mol. The molecule has 1 N–H and O–H groups in total. The minimum absolute atomic E-state index is 0.0518. The Kier molecular flexibility index (Phi) is 9.87. The van der Waals surface area contributed by atoms with Crippen LogP contribution in [-0.2, 0) is 26.2 Å². The van der Waals surface area contributed by atoms with Crippen molar-refractivity contribution in [2.24, 2.45) is 0 Å². The minimum Gasteiger partial charge on any atom is -0.352 e. The van der Waals surface area contributed by atoms with Crippen molar-refractivity contribution in [3.05, 3.63) is 95.0 Å². The average molecular weight is 582 g/mol. The number of anilines is 1. The number of rotatable bonds is 10. The molecule has 1 atom stereocenters. The van der Waals surface area contributed by atoms with Crippen molar-refractivity contribution >= 4 is 39.1 Å². The van der Waals surface area contributed by atoms with Crippen LogP contribution in [0, 0.1) is 6.92 Å². The van der Waals surface area contributed by atoms with Gasteiger partial charge < -0.3 is 10.2 Å². The first-order valence-electron chi connectivity index (χ1n) is 13.6. The maximum absolute atomic E-state index is 14.0. The molecule has 0 heterocycles. The molecule has 1 fully saturated rings. The summed E-state index contributed by atoms with van der Waals surface area (Å²) in [6.07, 6.45) is 5.13. The number of nitrogens with one attached hydrogen (secondary N) is 1. The zero-order valence-corrected chi connectivity index (χ0v) is 24.5. The van der Waals surface area contributed by atoms with Crippen LogP contribution in [0.5, 0.6) is 0 Å². The zero-order valence-electron chi connectivity index (χ0n) is 22.9. The van der Waals surface area contributed by atoms with Gasteiger partial charge in [0, 0.05) is 17.6 Å². The Morgan fingerprint density at radius 2 is 1.62 bits per heavy atom. The summed E-state index contributed by atoms with van der Waals surface area (Å²) in [6, 6.07) is 21.4. The van der Waals surface area contributed by atoms with E-state index >= 15 is 0 Å². The Balaban J connectivity index is 1.66. The standard InChI is InChI=1S/C31H36ClN3O4S/c1-23-16-18-25(19-17-23)21-34(24(2)31(37)33-27-11-5-3-6-12-27)30(36)22-35(28-13-9-10-26(32)20-28)40(38,39)29-14-7-4-8-15-29/h4,7-10,13-20,24,27H,3,5-6,11-12,21-22H2,1-2H3,(H,33,37). The summed E-state index contributed by atoms with van der Waals surface area (Å²) >= 11 is 6.22. The van der Waals surface area contributed by atoms with E-state index in [1.165, 1.54) is 23.1 Å². The van der Waals surface area contributed by atoms with E-state index in [1.54, 1.807) is 43.3 Å². The van der Waals surface area contributed by atoms with Crippen molar-refractivity contribution in [1.29, 1.82) is 0 Å². The molecule has 3 aromatic carbocycles. The largest absolute Gasteiger partial charge is 0.352 e. The van der Waals surface area contributed by atoms with Crippen molar-refractivity contribution in [2.45, 2.75) is 69.5 Å². The molecule has 3 aromatic rings. The van der Waals surface area contributed by atoms with Crippen LogP contribution in [0.4, 0.5) is 5.69 Å². The van der Waals surface area contributed by atoms with Gasteiger partial charge in [-0.15, -0.1) is 0 Å². The minimum atomic E-state index is -4.12. The van der Waals surface area contributed by atoms with E-state index < -0.39 is 28.5 Å². The highest BCUT2D eigenvalue weighted by Crippen LogP contribution is 2.27. The number of aryl methyl sites for hydroxylation is 1. The first-order chi connectivity index (χ1) is 19.1. The van der Waals surface area contributed by atoms with Crippen molar-refractivity contribution < 1.29 is 18.0 Å². The zero-order chi connectivity index (χ0) is 28.7. The van der Waals surface area contributed by atoms with Crippen molar-refractivity contribution in [1.82, 2.24) is 10.2 Å². The van der Waals surface area contributed by atoms with Crippen LogP contribution in [0.3, 0.4) is 0 Å². The Morgan fingerprint density at radius 3 is 2.27 bits per heavy atom. The molecule has 40 heavy (non-hydrogen) atoms. The quantitative estimate of drug-likeness (QED) is 0.332. The maximum Gasteiger partial charge on any atom is 0.264 e. The highest BCUT2D eigenvalue weighted by molar-refractivity contribution is 7.92. The summed E-state index contributed by atoms with van der Waals surface area (Å²) in [5.41, 5.74) is 2.18. The van der Waals surface area contributed by atoms with E-state index in [4.69, 9.17) is 11.6 Å². The van der Waals surface area contributed by atoms with Gasteiger partial charge in [-0.05, 0) is 62.6 Å². The van der Waals surface area contributed by atoms with Gasteiger partial charge >= 0.3 is 0 Å². The third-order valence-corrected chi connectivity index (χ3v) is 9.32. The Hall–Kier alpha value is -3.36. The van der Waals surface area contributed by atoms with E-state index in [1.807, 2.05) is 31.2 Å². The van der Waals surface area contributed by atoms with Gasteiger partial charge in [0.05, 0.1) is 10.6 Å². The average Bonchev–Trinajstić information content (AvgIpc) is 2.96. The first kappa shape index (κ1) is 29.6. The van der Waals surface area contributed by atoms with Crippen LogP contribution in [0.15, 0.2) is 83.8 Å². The van der Waals surface area contributed by atoms with Crippen LogP contribution in [0.1, 0.15) is 50.2 Å². The summed E-state index contributed by atoms with van der Waals surface area (Å²) in [5, 5.41) is 3.46. The van der Waals surface area contributed by atoms with E-state index in [2.05, 4.69) is 5.32 Å². The molecule has 1 aliphatic carbocycles. The molecule has 4 rings (SSSR count). The molecule has 0 aromatic heterocycles. The fourth-order valence-electron chi connectivity index (χ4n) is 4.92. The number of sulfonamides is 1. The van der Waals surface area contributed by atoms with Crippen LogP contribution < -0.4 is 9.62 Å². The van der Waals surface area contributed by atoms with E-state index in [0.29, 0.717) is 5.02 Å². The Bertz CT molecular complexity index is 1410. The highest BCUT2D eigenvalue weighted by atomic mass is 35.5. The maximum atomic E-state index is 14.0. The summed E-state index contributed by atoms with van der Waals surface area (Å²) in [5.74, 6) is -0.737. The van der Waals surface area contributed by atoms with Gasteiger partial charge in [0.25, 0.3) is 10.0 Å². The van der Waals surface area contributed by atoms with Crippen LogP contribution in [0.2, 0.25) is 5.02 Å². The fourth-order valence-corrected chi connectivity index (χ4v) is 6.53. The smallest absolute Gasteiger partial charge is 0.264 e. The monoisotopic (exact) mass is 581 g/mol. The third-order valence-electron chi connectivity index (χ3n) is 7.30. The molecule has 0 saturated heterocycles. The Morgan fingerprint density at radius 1 is 0.950 bits per heavy atom. The molecule has 1 aliphatic rings. The summed E-state index contributed by atoms with van der Waals surface area (Å²) in [6.45, 7) is 3.33. The summed E-state index contributed by atoms with van der Waals surface area (Å²) in [4.78, 5) is 28.9. The molecule has 7 nitrogen and oxygen atoms in total. The fraction of sp³-hybridized carbons (Fsp3) is 0.355. The van der Waals surface area contributed by atoms with E-state index in [-0.39, 0.29) is 29.1 Å². The molecule has 0 radical (unpaired) electrons. The molecule has 2 amide bonds. The number of halogens is 1. The number of carbonyl (C=O) groups excluding carboxylic acids is 2. The molecule has 9 heteroatoms. The normalized spacial score (nSPS) is 14.8. The molecule has 0 aliphatic heterocycles. The Labute approximate surface area is 242 Å². The van der Waals surface area contributed by atoms with Crippen molar-refractivity contribution in [3.8, 4) is 0 Å². The van der Waals surface area contributed by atoms with Gasteiger partial charge in [0.1, 0.15) is 12.6 Å². The lowest BCUT2D eigenvalue weighted by molar-refractivity contribution is -0.139. The van der Waals surface area contributed by atoms with Gasteiger partial charge in [0.2, 0.25) is 11.8 Å². The van der Waals surface area contributed by atoms with Gasteiger partial charge in [0.15, 0.2) is 0 Å². The number of carbonyl (C=O) groups is 2. The number of amides is 2. The molecular formula is C31H36ClN3O4S. The van der Waals surface area contributed by atoms with Gasteiger partial charge in [-0.3, -0.25) is 13.9 Å². The third kappa shape index (κ3) is 7.43. The number of nitrogens with zero attached hydrogens (tertiary/aromatic N) is 2. The molecule has 212 valence electrons. The number of benzene rings is 3. The summed E-state index contributed by atoms with van der Waals surface area (Å²) < 4.78 is 28.7. The lowest BCUT2D eigenvalue weighted by Gasteiger charge is -2.33. The lowest BCUT2D eigenvalue weighted by Crippen LogP contribution is -2.53. The van der Waals surface area contributed by atoms with E-state index in [9.17, 15) is 18.0 Å². The SMILES string of the molecule is Cc1ccc(CN(C(=O)CN(c2cccc(Cl)c2)S(=O)(=O)c2ccccc2)C(C)C(=O)NC2CCCCC2)cc1. The highest BCUT2D eigenvalue weighted by Gasteiger charge is 2.33. The van der Waals surface area contributed by atoms with Crippen molar-refractivity contribution in [3.63, 3.8) is 0 Å². The molecular weight excluding hydrogens is 546 g/mol. The molecule has 1 saturated carbocycles. The molecule has 1 unspecified atom stereocenters. The van der Waals surface area contributed by atoms with Gasteiger partial charge in [-0.2, -0.15) is 0 Å². The second-order valence-corrected chi connectivity index (χ2v) is 12.6. The lowest BCUT2D eigenvalue weighted by atomic mass is 9.95. The molecule has 0 spiro atoms. The molecule has 0 bridgehead atoms. The second kappa shape index (κ2) is 13.3.